The van der Waals surface area contributed by atoms with E-state index in [2.05, 4.69) is 0 Å². The minimum atomic E-state index is -3.61. The lowest BCUT2D eigenvalue weighted by Crippen LogP contribution is -2.49. The van der Waals surface area contributed by atoms with Crippen LogP contribution in [0.4, 0.5) is 5.69 Å². The number of carbonyl (C=O) groups is 1. The number of amides is 1. The van der Waals surface area contributed by atoms with Crippen LogP contribution in [0.25, 0.3) is 0 Å². The second-order valence-corrected chi connectivity index (χ2v) is 10.1. The molecule has 0 N–H and O–H groups in total. The average molecular weight is 419 g/mol. The van der Waals surface area contributed by atoms with Crippen molar-refractivity contribution in [2.45, 2.75) is 31.1 Å². The van der Waals surface area contributed by atoms with E-state index >= 15 is 0 Å². The molecule has 1 spiro atoms. The molecule has 1 unspecified atom stereocenters. The Kier molecular flexibility index (Phi) is 4.98. The Balaban J connectivity index is 1.59. The van der Waals surface area contributed by atoms with Gasteiger partial charge in [-0.25, -0.2) is 8.42 Å². The van der Waals surface area contributed by atoms with Crippen molar-refractivity contribution in [1.29, 1.82) is 0 Å². The summed E-state index contributed by atoms with van der Waals surface area (Å²) in [6.07, 6.45) is 2.06. The van der Waals surface area contributed by atoms with Gasteiger partial charge < -0.3 is 4.90 Å². The molecule has 7 heteroatoms. The van der Waals surface area contributed by atoms with E-state index in [9.17, 15) is 13.2 Å². The third kappa shape index (κ3) is 3.34. The maximum Gasteiger partial charge on any atom is 0.243 e. The van der Waals surface area contributed by atoms with Gasteiger partial charge in [-0.2, -0.15) is 4.31 Å². The van der Waals surface area contributed by atoms with Crippen LogP contribution in [-0.4, -0.2) is 38.3 Å². The van der Waals surface area contributed by atoms with Gasteiger partial charge in [0.25, 0.3) is 0 Å². The average Bonchev–Trinajstić information content (AvgIpc) is 2.99. The summed E-state index contributed by atoms with van der Waals surface area (Å²) in [5.74, 6) is 0.0126. The van der Waals surface area contributed by atoms with Crippen LogP contribution in [0.3, 0.4) is 0 Å². The third-order valence-electron chi connectivity index (χ3n) is 5.85. The van der Waals surface area contributed by atoms with Crippen molar-refractivity contribution in [3.8, 4) is 0 Å². The van der Waals surface area contributed by atoms with E-state index in [0.29, 0.717) is 31.0 Å². The molecule has 2 fully saturated rings. The van der Waals surface area contributed by atoms with Crippen LogP contribution in [-0.2, 0) is 14.8 Å². The summed E-state index contributed by atoms with van der Waals surface area (Å²) >= 11 is 5.96. The van der Waals surface area contributed by atoms with E-state index in [1.54, 1.807) is 41.3 Å². The van der Waals surface area contributed by atoms with E-state index in [-0.39, 0.29) is 17.3 Å². The first-order chi connectivity index (χ1) is 13.3. The van der Waals surface area contributed by atoms with Crippen LogP contribution in [0.1, 0.15) is 24.8 Å². The third-order valence-corrected chi connectivity index (χ3v) is 7.96. The Labute approximate surface area is 171 Å². The van der Waals surface area contributed by atoms with E-state index < -0.39 is 15.4 Å². The van der Waals surface area contributed by atoms with Crippen molar-refractivity contribution < 1.29 is 13.2 Å². The zero-order valence-corrected chi connectivity index (χ0v) is 17.3. The number of nitrogens with zero attached hydrogens (tertiary/aromatic N) is 2. The molecule has 0 bridgehead atoms. The zero-order valence-electron chi connectivity index (χ0n) is 15.8. The molecule has 0 aromatic heterocycles. The van der Waals surface area contributed by atoms with Crippen molar-refractivity contribution in [3.63, 3.8) is 0 Å². The second-order valence-electron chi connectivity index (χ2n) is 7.72. The molecule has 2 saturated heterocycles. The highest BCUT2D eigenvalue weighted by Crippen LogP contribution is 2.43. The fourth-order valence-corrected chi connectivity index (χ4v) is 5.91. The molecular weight excluding hydrogens is 396 g/mol. The molecule has 2 aromatic carbocycles. The van der Waals surface area contributed by atoms with Crippen LogP contribution < -0.4 is 4.90 Å². The number of carbonyl (C=O) groups excluding carboxylic acids is 1. The Morgan fingerprint density at radius 3 is 2.32 bits per heavy atom. The van der Waals surface area contributed by atoms with E-state index in [4.69, 9.17) is 11.6 Å². The van der Waals surface area contributed by atoms with Crippen LogP contribution in [0.5, 0.6) is 0 Å². The molecule has 2 aliphatic heterocycles. The number of aryl methyl sites for hydroxylation is 1. The molecule has 0 aliphatic carbocycles. The largest absolute Gasteiger partial charge is 0.312 e. The first-order valence-electron chi connectivity index (χ1n) is 9.46. The van der Waals surface area contributed by atoms with Gasteiger partial charge in [0.2, 0.25) is 15.9 Å². The Hall–Kier alpha value is -1.89. The highest BCUT2D eigenvalue weighted by Gasteiger charge is 2.51. The number of rotatable bonds is 3. The first-order valence-corrected chi connectivity index (χ1v) is 11.3. The number of anilines is 1. The SMILES string of the molecule is Cc1ccc(S(=O)(=O)N2CCCC3(CCN(c4ccc(Cl)cc4)C3=O)C2)cc1. The van der Waals surface area contributed by atoms with E-state index in [1.807, 2.05) is 19.1 Å². The molecule has 28 heavy (non-hydrogen) atoms. The summed E-state index contributed by atoms with van der Waals surface area (Å²) in [6.45, 7) is 3.21. The quantitative estimate of drug-likeness (QED) is 0.760. The number of sulfonamides is 1. The Morgan fingerprint density at radius 1 is 0.964 bits per heavy atom. The molecule has 2 aromatic rings. The molecular formula is C21H23ClN2O3S. The minimum absolute atomic E-state index is 0.0126. The Morgan fingerprint density at radius 2 is 1.64 bits per heavy atom. The first kappa shape index (κ1) is 19.4. The molecule has 4 rings (SSSR count). The molecule has 1 amide bonds. The number of halogens is 1. The lowest BCUT2D eigenvalue weighted by Gasteiger charge is -2.38. The van der Waals surface area contributed by atoms with Gasteiger partial charge >= 0.3 is 0 Å². The van der Waals surface area contributed by atoms with Crippen LogP contribution >= 0.6 is 11.6 Å². The summed E-state index contributed by atoms with van der Waals surface area (Å²) in [5.41, 5.74) is 1.18. The van der Waals surface area contributed by atoms with Crippen molar-refractivity contribution in [1.82, 2.24) is 4.31 Å². The summed E-state index contributed by atoms with van der Waals surface area (Å²) in [4.78, 5) is 15.3. The van der Waals surface area contributed by atoms with Gasteiger partial charge in [-0.1, -0.05) is 29.3 Å². The second kappa shape index (κ2) is 7.17. The molecule has 1 atom stereocenters. The van der Waals surface area contributed by atoms with Gasteiger partial charge in [0, 0.05) is 30.3 Å². The predicted octanol–water partition coefficient (Wildman–Crippen LogP) is 3.86. The molecule has 5 nitrogen and oxygen atoms in total. The summed E-state index contributed by atoms with van der Waals surface area (Å²) in [6, 6.07) is 14.1. The van der Waals surface area contributed by atoms with E-state index in [0.717, 1.165) is 17.7 Å². The number of hydrogen-bond acceptors (Lipinski definition) is 3. The van der Waals surface area contributed by atoms with Crippen molar-refractivity contribution >= 4 is 33.2 Å². The molecule has 148 valence electrons. The zero-order chi connectivity index (χ0) is 19.9. The highest BCUT2D eigenvalue weighted by atomic mass is 35.5. The van der Waals surface area contributed by atoms with Gasteiger partial charge in [0.15, 0.2) is 0 Å². The molecule has 0 saturated carbocycles. The van der Waals surface area contributed by atoms with Gasteiger partial charge in [-0.05, 0) is 62.6 Å². The van der Waals surface area contributed by atoms with E-state index in [1.165, 1.54) is 4.31 Å². The predicted molar refractivity (Wildman–Crippen MR) is 110 cm³/mol. The van der Waals surface area contributed by atoms with Crippen LogP contribution in [0.2, 0.25) is 5.02 Å². The van der Waals surface area contributed by atoms with Crippen molar-refractivity contribution in [2.75, 3.05) is 24.5 Å². The number of hydrogen-bond donors (Lipinski definition) is 0. The minimum Gasteiger partial charge on any atom is -0.312 e. The smallest absolute Gasteiger partial charge is 0.243 e. The van der Waals surface area contributed by atoms with Gasteiger partial charge in [-0.3, -0.25) is 4.79 Å². The monoisotopic (exact) mass is 418 g/mol. The molecule has 0 radical (unpaired) electrons. The fraction of sp³-hybridized carbons (Fsp3) is 0.381. The highest BCUT2D eigenvalue weighted by molar-refractivity contribution is 7.89. The van der Waals surface area contributed by atoms with Crippen molar-refractivity contribution in [3.05, 3.63) is 59.1 Å². The van der Waals surface area contributed by atoms with Gasteiger partial charge in [0.05, 0.1) is 10.3 Å². The maximum absolute atomic E-state index is 13.3. The van der Waals surface area contributed by atoms with Crippen molar-refractivity contribution in [2.24, 2.45) is 5.41 Å². The lowest BCUT2D eigenvalue weighted by atomic mass is 9.79. The molecule has 2 aliphatic rings. The Bertz CT molecular complexity index is 989. The standard InChI is InChI=1S/C21H23ClN2O3S/c1-16-3-9-19(10-4-16)28(26,27)23-13-2-11-21(15-23)12-14-24(20(21)25)18-7-5-17(22)6-8-18/h3-10H,2,11-15H2,1H3. The summed E-state index contributed by atoms with van der Waals surface area (Å²) < 4.78 is 27.7. The topological polar surface area (TPSA) is 57.7 Å². The fourth-order valence-electron chi connectivity index (χ4n) is 4.22. The lowest BCUT2D eigenvalue weighted by molar-refractivity contribution is -0.127. The number of piperidine rings is 1. The van der Waals surface area contributed by atoms with Crippen LogP contribution in [0.15, 0.2) is 53.4 Å². The number of benzene rings is 2. The van der Waals surface area contributed by atoms with Gasteiger partial charge in [-0.15, -0.1) is 0 Å². The molecule has 2 heterocycles. The van der Waals surface area contributed by atoms with Crippen LogP contribution in [0, 0.1) is 12.3 Å². The normalized spacial score (nSPS) is 23.5. The van der Waals surface area contributed by atoms with Gasteiger partial charge in [0.1, 0.15) is 0 Å². The maximum atomic E-state index is 13.3. The summed E-state index contributed by atoms with van der Waals surface area (Å²) in [5, 5.41) is 0.623. The summed E-state index contributed by atoms with van der Waals surface area (Å²) in [7, 11) is -3.61.